The third kappa shape index (κ3) is 5.45. The van der Waals surface area contributed by atoms with Crippen molar-refractivity contribution in [3.63, 3.8) is 0 Å². The summed E-state index contributed by atoms with van der Waals surface area (Å²) in [5.74, 6) is -1.52. The molecule has 0 fully saturated rings. The number of amides is 1. The smallest absolute Gasteiger partial charge is 0.231 e. The van der Waals surface area contributed by atoms with Gasteiger partial charge in [0, 0.05) is 17.7 Å². The summed E-state index contributed by atoms with van der Waals surface area (Å²) in [7, 11) is 0. The molecule has 1 amide bonds. The summed E-state index contributed by atoms with van der Waals surface area (Å²) in [5, 5.41) is 16.8. The molecule has 4 aromatic rings. The standard InChI is InChI=1S/C31H28N2O3/c1-20(2)17-28(27-14-8-11-21-9-4-6-12-25(21)27)30(34)33-29-19-24(32-3)16-15-23(29)18-22-10-5-7-13-26(22)31(35)36/h4-16,19-20,28H,17-18H2,1-2H3,(H,33,34)(H,35,36)/p-1. The Kier molecular flexibility index (Phi) is 7.46. The Morgan fingerprint density at radius 1 is 0.917 bits per heavy atom. The SMILES string of the molecule is [C-]#[N+]c1ccc(Cc2ccccc2C(=O)[O-])c(NC(=O)C(CC(C)C)c2cccc3ccccc23)c1. The summed E-state index contributed by atoms with van der Waals surface area (Å²) < 4.78 is 0. The number of carboxylic acids is 1. The van der Waals surface area contributed by atoms with Gasteiger partial charge in [-0.1, -0.05) is 92.7 Å². The molecule has 0 aromatic heterocycles. The average Bonchev–Trinajstić information content (AvgIpc) is 2.88. The Balaban J connectivity index is 1.73. The Hall–Kier alpha value is -4.43. The number of anilines is 1. The number of benzene rings is 4. The zero-order valence-electron chi connectivity index (χ0n) is 20.3. The molecular formula is C31H27N2O3-. The van der Waals surface area contributed by atoms with E-state index in [1.807, 2.05) is 42.5 Å². The van der Waals surface area contributed by atoms with Crippen molar-refractivity contribution in [1.29, 1.82) is 0 Å². The fourth-order valence-electron chi connectivity index (χ4n) is 4.60. The van der Waals surface area contributed by atoms with Crippen LogP contribution in [0.25, 0.3) is 15.6 Å². The highest BCUT2D eigenvalue weighted by molar-refractivity contribution is 6.00. The van der Waals surface area contributed by atoms with E-state index in [2.05, 4.69) is 24.0 Å². The van der Waals surface area contributed by atoms with Crippen LogP contribution in [0.1, 0.15) is 53.2 Å². The zero-order valence-corrected chi connectivity index (χ0v) is 20.3. The zero-order chi connectivity index (χ0) is 25.7. The van der Waals surface area contributed by atoms with Crippen LogP contribution >= 0.6 is 0 Å². The van der Waals surface area contributed by atoms with Gasteiger partial charge >= 0.3 is 0 Å². The fraction of sp³-hybridized carbons (Fsp3) is 0.194. The number of rotatable bonds is 8. The Bertz CT molecular complexity index is 1460. The minimum atomic E-state index is -1.25. The predicted molar refractivity (Wildman–Crippen MR) is 141 cm³/mol. The maximum absolute atomic E-state index is 13.8. The highest BCUT2D eigenvalue weighted by Gasteiger charge is 2.24. The van der Waals surface area contributed by atoms with Gasteiger partial charge in [-0.2, -0.15) is 0 Å². The van der Waals surface area contributed by atoms with Gasteiger partial charge < -0.3 is 15.2 Å². The molecule has 0 bridgehead atoms. The molecule has 0 aliphatic heterocycles. The van der Waals surface area contributed by atoms with E-state index in [0.29, 0.717) is 23.4 Å². The van der Waals surface area contributed by atoms with Gasteiger partial charge in [0.1, 0.15) is 0 Å². The summed E-state index contributed by atoms with van der Waals surface area (Å²) in [6, 6.07) is 25.8. The molecule has 0 heterocycles. The first-order chi connectivity index (χ1) is 17.4. The van der Waals surface area contributed by atoms with Crippen LogP contribution in [0.4, 0.5) is 11.4 Å². The Morgan fingerprint density at radius 3 is 2.39 bits per heavy atom. The topological polar surface area (TPSA) is 73.6 Å². The molecule has 0 aliphatic rings. The van der Waals surface area contributed by atoms with Crippen molar-refractivity contribution in [2.75, 3.05) is 5.32 Å². The molecule has 0 saturated heterocycles. The average molecular weight is 476 g/mol. The number of hydrogen-bond acceptors (Lipinski definition) is 3. The van der Waals surface area contributed by atoms with Crippen molar-refractivity contribution in [2.45, 2.75) is 32.6 Å². The van der Waals surface area contributed by atoms with E-state index >= 15 is 0 Å². The normalized spacial score (nSPS) is 11.7. The van der Waals surface area contributed by atoms with Crippen LogP contribution in [-0.2, 0) is 11.2 Å². The first-order valence-corrected chi connectivity index (χ1v) is 12.0. The fourth-order valence-corrected chi connectivity index (χ4v) is 4.60. The van der Waals surface area contributed by atoms with Crippen LogP contribution in [0.15, 0.2) is 84.9 Å². The molecule has 0 spiro atoms. The molecule has 1 unspecified atom stereocenters. The van der Waals surface area contributed by atoms with Gasteiger partial charge in [0.15, 0.2) is 5.69 Å². The highest BCUT2D eigenvalue weighted by atomic mass is 16.4. The minimum absolute atomic E-state index is 0.109. The first kappa shape index (κ1) is 24.7. The van der Waals surface area contributed by atoms with Crippen molar-refractivity contribution in [3.05, 3.63) is 119 Å². The van der Waals surface area contributed by atoms with Crippen molar-refractivity contribution in [2.24, 2.45) is 5.92 Å². The van der Waals surface area contributed by atoms with E-state index < -0.39 is 11.9 Å². The summed E-state index contributed by atoms with van der Waals surface area (Å²) in [4.78, 5) is 28.9. The Morgan fingerprint density at radius 2 is 1.64 bits per heavy atom. The van der Waals surface area contributed by atoms with Crippen LogP contribution < -0.4 is 10.4 Å². The molecule has 4 rings (SSSR count). The van der Waals surface area contributed by atoms with E-state index in [0.717, 1.165) is 21.9 Å². The second-order valence-electron chi connectivity index (χ2n) is 9.31. The summed E-state index contributed by atoms with van der Waals surface area (Å²) >= 11 is 0. The first-order valence-electron chi connectivity index (χ1n) is 12.0. The molecule has 5 heteroatoms. The van der Waals surface area contributed by atoms with Crippen LogP contribution in [0.2, 0.25) is 0 Å². The Labute approximate surface area is 211 Å². The van der Waals surface area contributed by atoms with Gasteiger partial charge in [-0.15, -0.1) is 0 Å². The molecule has 0 saturated carbocycles. The lowest BCUT2D eigenvalue weighted by molar-refractivity contribution is -0.255. The predicted octanol–water partition coefficient (Wildman–Crippen LogP) is 6.11. The second-order valence-corrected chi connectivity index (χ2v) is 9.31. The third-order valence-electron chi connectivity index (χ3n) is 6.32. The van der Waals surface area contributed by atoms with Crippen molar-refractivity contribution in [3.8, 4) is 0 Å². The van der Waals surface area contributed by atoms with Crippen LogP contribution in [0, 0.1) is 12.5 Å². The van der Waals surface area contributed by atoms with Gasteiger partial charge in [0.05, 0.1) is 18.5 Å². The summed E-state index contributed by atoms with van der Waals surface area (Å²) in [5.41, 5.74) is 3.28. The molecule has 1 atom stereocenters. The van der Waals surface area contributed by atoms with Gasteiger partial charge in [-0.05, 0) is 45.9 Å². The monoisotopic (exact) mass is 475 g/mol. The molecule has 4 aromatic carbocycles. The largest absolute Gasteiger partial charge is 0.545 e. The van der Waals surface area contributed by atoms with Gasteiger partial charge in [-0.3, -0.25) is 4.79 Å². The van der Waals surface area contributed by atoms with E-state index in [9.17, 15) is 14.7 Å². The molecule has 0 aliphatic carbocycles. The number of nitrogens with zero attached hydrogens (tertiary/aromatic N) is 1. The number of fused-ring (bicyclic) bond motifs is 1. The molecule has 180 valence electrons. The van der Waals surface area contributed by atoms with Gasteiger partial charge in [0.2, 0.25) is 5.91 Å². The number of carbonyl (C=O) groups excluding carboxylic acids is 2. The van der Waals surface area contributed by atoms with Gasteiger partial charge in [0.25, 0.3) is 0 Å². The lowest BCUT2D eigenvalue weighted by Gasteiger charge is -2.22. The number of carbonyl (C=O) groups is 2. The van der Waals surface area contributed by atoms with E-state index in [1.165, 1.54) is 6.07 Å². The third-order valence-corrected chi connectivity index (χ3v) is 6.32. The number of nitrogens with one attached hydrogen (secondary N) is 1. The molecule has 0 radical (unpaired) electrons. The van der Waals surface area contributed by atoms with Crippen LogP contribution in [0.5, 0.6) is 0 Å². The van der Waals surface area contributed by atoms with E-state index in [-0.39, 0.29) is 23.8 Å². The molecule has 5 nitrogen and oxygen atoms in total. The number of carboxylic acid groups (broad SMARTS) is 1. The van der Waals surface area contributed by atoms with E-state index in [1.54, 1.807) is 36.4 Å². The second kappa shape index (κ2) is 10.9. The maximum Gasteiger partial charge on any atom is 0.231 e. The van der Waals surface area contributed by atoms with Crippen LogP contribution in [0.3, 0.4) is 0 Å². The molecule has 1 N–H and O–H groups in total. The summed E-state index contributed by atoms with van der Waals surface area (Å²) in [6.07, 6.45) is 0.937. The molecular weight excluding hydrogens is 448 g/mol. The van der Waals surface area contributed by atoms with Crippen LogP contribution in [-0.4, -0.2) is 11.9 Å². The lowest BCUT2D eigenvalue weighted by atomic mass is 9.86. The van der Waals surface area contributed by atoms with E-state index in [4.69, 9.17) is 6.57 Å². The quantitative estimate of drug-likeness (QED) is 0.312. The number of hydrogen-bond donors (Lipinski definition) is 1. The molecule has 36 heavy (non-hydrogen) atoms. The van der Waals surface area contributed by atoms with Crippen molar-refractivity contribution < 1.29 is 14.7 Å². The highest BCUT2D eigenvalue weighted by Crippen LogP contribution is 2.33. The maximum atomic E-state index is 13.8. The minimum Gasteiger partial charge on any atom is -0.545 e. The van der Waals surface area contributed by atoms with Gasteiger partial charge in [-0.25, -0.2) is 4.85 Å². The number of aromatic carboxylic acids is 1. The van der Waals surface area contributed by atoms with Crippen molar-refractivity contribution >= 4 is 34.0 Å². The lowest BCUT2D eigenvalue weighted by Crippen LogP contribution is -2.24. The summed E-state index contributed by atoms with van der Waals surface area (Å²) in [6.45, 7) is 11.6. The van der Waals surface area contributed by atoms with Crippen molar-refractivity contribution in [1.82, 2.24) is 0 Å².